The lowest BCUT2D eigenvalue weighted by Gasteiger charge is -1.97. The Morgan fingerprint density at radius 2 is 1.94 bits per heavy atom. The second-order valence-electron chi connectivity index (χ2n) is 3.37. The number of hydrogen-bond donors (Lipinski definition) is 2. The molecule has 1 aromatic rings. The fraction of sp³-hybridized carbons (Fsp3) is 0.0909. The molecule has 3 N–H and O–H groups in total. The van der Waals surface area contributed by atoms with Crippen molar-refractivity contribution in [2.45, 2.75) is 0 Å². The molecule has 0 bridgehead atoms. The first kappa shape index (κ1) is 13.4. The first-order chi connectivity index (χ1) is 8.49. The summed E-state index contributed by atoms with van der Waals surface area (Å²) in [6.07, 6.45) is 2.68. The number of carbonyl (C=O) groups excluding carboxylic acids is 2. The van der Waals surface area contributed by atoms with E-state index >= 15 is 0 Å². The number of nitrogens with two attached hydrogens (primary N) is 1. The van der Waals surface area contributed by atoms with Crippen LogP contribution in [0.5, 0.6) is 0 Å². The van der Waals surface area contributed by atoms with E-state index in [0.717, 1.165) is 0 Å². The van der Waals surface area contributed by atoms with Gasteiger partial charge in [0.1, 0.15) is 0 Å². The van der Waals surface area contributed by atoms with Crippen LogP contribution >= 0.6 is 0 Å². The molecule has 0 unspecified atom stereocenters. The fourth-order valence-electron chi connectivity index (χ4n) is 1.11. The van der Waals surface area contributed by atoms with Crippen molar-refractivity contribution in [3.05, 3.63) is 46.0 Å². The summed E-state index contributed by atoms with van der Waals surface area (Å²) in [5, 5.41) is 12.7. The molecule has 0 atom stereocenters. The normalized spacial score (nSPS) is 10.2. The van der Waals surface area contributed by atoms with Crippen LogP contribution in [0.25, 0.3) is 6.08 Å². The third-order valence-electron chi connectivity index (χ3n) is 1.97. The standard InChI is InChI=1S/C11H11N3O4/c12-10(15)7-13-11(16)6-3-8-1-4-9(5-2-8)14(17)18/h1-6H,7H2,(H2,12,15)(H,13,16). The molecule has 2 amide bonds. The highest BCUT2D eigenvalue weighted by Crippen LogP contribution is 2.12. The van der Waals surface area contributed by atoms with E-state index in [1.165, 1.54) is 36.4 Å². The molecule has 0 saturated heterocycles. The van der Waals surface area contributed by atoms with Crippen molar-refractivity contribution in [2.75, 3.05) is 6.54 Å². The van der Waals surface area contributed by atoms with Crippen LogP contribution in [0.4, 0.5) is 5.69 Å². The van der Waals surface area contributed by atoms with E-state index < -0.39 is 16.7 Å². The highest BCUT2D eigenvalue weighted by atomic mass is 16.6. The van der Waals surface area contributed by atoms with Gasteiger partial charge in [0, 0.05) is 18.2 Å². The van der Waals surface area contributed by atoms with Gasteiger partial charge in [0.15, 0.2) is 0 Å². The van der Waals surface area contributed by atoms with Crippen molar-refractivity contribution in [3.63, 3.8) is 0 Å². The molecule has 7 nitrogen and oxygen atoms in total. The van der Waals surface area contributed by atoms with Crippen molar-refractivity contribution in [1.82, 2.24) is 5.32 Å². The lowest BCUT2D eigenvalue weighted by atomic mass is 10.2. The highest BCUT2D eigenvalue weighted by Gasteiger charge is 2.02. The molecule has 0 saturated carbocycles. The van der Waals surface area contributed by atoms with Crippen molar-refractivity contribution in [1.29, 1.82) is 0 Å². The van der Waals surface area contributed by atoms with Crippen molar-refractivity contribution in [2.24, 2.45) is 5.73 Å². The first-order valence-corrected chi connectivity index (χ1v) is 4.97. The largest absolute Gasteiger partial charge is 0.368 e. The first-order valence-electron chi connectivity index (χ1n) is 4.97. The Bertz CT molecular complexity index is 494. The number of hydrogen-bond acceptors (Lipinski definition) is 4. The summed E-state index contributed by atoms with van der Waals surface area (Å²) in [6.45, 7) is -0.233. The maximum absolute atomic E-state index is 11.2. The molecule has 0 aliphatic rings. The van der Waals surface area contributed by atoms with Gasteiger partial charge in [-0.2, -0.15) is 0 Å². The van der Waals surface area contributed by atoms with E-state index in [9.17, 15) is 19.7 Å². The van der Waals surface area contributed by atoms with Gasteiger partial charge in [0.05, 0.1) is 11.5 Å². The molecule has 18 heavy (non-hydrogen) atoms. The summed E-state index contributed by atoms with van der Waals surface area (Å²) in [4.78, 5) is 31.5. The van der Waals surface area contributed by atoms with Crippen LogP contribution in [-0.4, -0.2) is 23.3 Å². The number of nitrogens with zero attached hydrogens (tertiary/aromatic N) is 1. The van der Waals surface area contributed by atoms with Gasteiger partial charge >= 0.3 is 0 Å². The number of non-ortho nitro benzene ring substituents is 1. The molecule has 1 aromatic carbocycles. The Morgan fingerprint density at radius 1 is 1.33 bits per heavy atom. The number of benzene rings is 1. The number of nitro groups is 1. The summed E-state index contributed by atoms with van der Waals surface area (Å²) < 4.78 is 0. The monoisotopic (exact) mass is 249 g/mol. The van der Waals surface area contributed by atoms with Crippen LogP contribution in [0.3, 0.4) is 0 Å². The quantitative estimate of drug-likeness (QED) is 0.440. The number of nitro benzene ring substituents is 1. The zero-order valence-corrected chi connectivity index (χ0v) is 9.33. The molecule has 1 rings (SSSR count). The summed E-state index contributed by atoms with van der Waals surface area (Å²) >= 11 is 0. The van der Waals surface area contributed by atoms with Gasteiger partial charge in [0.2, 0.25) is 11.8 Å². The molecule has 0 aliphatic carbocycles. The minimum atomic E-state index is -0.632. The van der Waals surface area contributed by atoms with Crippen LogP contribution in [0.15, 0.2) is 30.3 Å². The lowest BCUT2D eigenvalue weighted by Crippen LogP contribution is -2.32. The lowest BCUT2D eigenvalue weighted by molar-refractivity contribution is -0.384. The van der Waals surface area contributed by atoms with Crippen molar-refractivity contribution in [3.8, 4) is 0 Å². The van der Waals surface area contributed by atoms with Crippen LogP contribution in [-0.2, 0) is 9.59 Å². The second kappa shape index (κ2) is 6.14. The molecular formula is C11H11N3O4. The van der Waals surface area contributed by atoms with Gasteiger partial charge in [-0.1, -0.05) is 0 Å². The zero-order chi connectivity index (χ0) is 13.5. The summed E-state index contributed by atoms with van der Waals surface area (Å²) in [7, 11) is 0. The van der Waals surface area contributed by atoms with Gasteiger partial charge in [-0.25, -0.2) is 0 Å². The topological polar surface area (TPSA) is 115 Å². The van der Waals surface area contributed by atoms with E-state index in [2.05, 4.69) is 5.32 Å². The number of primary amides is 1. The molecule has 7 heteroatoms. The number of nitrogens with one attached hydrogen (secondary N) is 1. The molecule has 94 valence electrons. The number of rotatable bonds is 5. The molecule has 0 aromatic heterocycles. The van der Waals surface area contributed by atoms with E-state index in [-0.39, 0.29) is 12.2 Å². The van der Waals surface area contributed by atoms with Crippen LogP contribution < -0.4 is 11.1 Å². The Hall–Kier alpha value is -2.70. The van der Waals surface area contributed by atoms with E-state index in [1.807, 2.05) is 0 Å². The average Bonchev–Trinajstić information content (AvgIpc) is 2.34. The number of amides is 2. The summed E-state index contributed by atoms with van der Waals surface area (Å²) in [6, 6.07) is 5.69. The van der Waals surface area contributed by atoms with E-state index in [0.29, 0.717) is 5.56 Å². The van der Waals surface area contributed by atoms with Gasteiger partial charge in [-0.3, -0.25) is 19.7 Å². The Kier molecular flexibility index (Phi) is 4.56. The third-order valence-corrected chi connectivity index (χ3v) is 1.97. The maximum atomic E-state index is 11.2. The predicted octanol–water partition coefficient (Wildman–Crippen LogP) is 0.209. The molecule has 0 radical (unpaired) electrons. The van der Waals surface area contributed by atoms with E-state index in [1.54, 1.807) is 0 Å². The zero-order valence-electron chi connectivity index (χ0n) is 9.33. The van der Waals surface area contributed by atoms with Gasteiger partial charge in [-0.15, -0.1) is 0 Å². The average molecular weight is 249 g/mol. The molecule has 0 heterocycles. The van der Waals surface area contributed by atoms with Crippen molar-refractivity contribution < 1.29 is 14.5 Å². The van der Waals surface area contributed by atoms with Crippen LogP contribution in [0.1, 0.15) is 5.56 Å². The highest BCUT2D eigenvalue weighted by molar-refractivity contribution is 5.94. The van der Waals surface area contributed by atoms with Gasteiger partial charge in [-0.05, 0) is 23.8 Å². The minimum Gasteiger partial charge on any atom is -0.368 e. The molecule has 0 aliphatic heterocycles. The fourth-order valence-corrected chi connectivity index (χ4v) is 1.11. The SMILES string of the molecule is NC(=O)CNC(=O)C=Cc1ccc([N+](=O)[O-])cc1. The molecular weight excluding hydrogens is 238 g/mol. The Balaban J connectivity index is 2.58. The Morgan fingerprint density at radius 3 is 2.44 bits per heavy atom. The molecule has 0 spiro atoms. The maximum Gasteiger partial charge on any atom is 0.269 e. The third kappa shape index (κ3) is 4.44. The summed E-state index contributed by atoms with van der Waals surface area (Å²) in [5.74, 6) is -1.10. The van der Waals surface area contributed by atoms with Crippen molar-refractivity contribution >= 4 is 23.6 Å². The molecule has 0 fully saturated rings. The van der Waals surface area contributed by atoms with Crippen LogP contribution in [0, 0.1) is 10.1 Å². The van der Waals surface area contributed by atoms with Gasteiger partial charge in [0.25, 0.3) is 5.69 Å². The van der Waals surface area contributed by atoms with Crippen LogP contribution in [0.2, 0.25) is 0 Å². The summed E-state index contributed by atoms with van der Waals surface area (Å²) in [5.41, 5.74) is 5.46. The minimum absolute atomic E-state index is 0.0228. The van der Waals surface area contributed by atoms with Gasteiger partial charge < -0.3 is 11.1 Å². The predicted molar refractivity (Wildman–Crippen MR) is 64.3 cm³/mol. The van der Waals surface area contributed by atoms with E-state index in [4.69, 9.17) is 5.73 Å². The Labute approximate surface area is 102 Å². The second-order valence-corrected chi connectivity index (χ2v) is 3.37. The number of carbonyl (C=O) groups is 2. The smallest absolute Gasteiger partial charge is 0.269 e.